The molecule has 8 atom stereocenters. The number of nitrogens with zero attached hydrogens (tertiary/aromatic N) is 2. The minimum atomic E-state index is -1.48. The van der Waals surface area contributed by atoms with Crippen molar-refractivity contribution in [3.63, 3.8) is 0 Å². The highest BCUT2D eigenvalue weighted by Crippen LogP contribution is 2.25. The van der Waals surface area contributed by atoms with Gasteiger partial charge in [-0.1, -0.05) is 70.1 Å². The molecule has 2 bridgehead atoms. The molecule has 79 heavy (non-hydrogen) atoms. The summed E-state index contributed by atoms with van der Waals surface area (Å²) in [5.41, 5.74) is 19.3. The first kappa shape index (κ1) is 60.1. The summed E-state index contributed by atoms with van der Waals surface area (Å²) in [6, 6.07) is 4.78. The average molecular weight is 1130 g/mol. The van der Waals surface area contributed by atoms with E-state index in [1.165, 1.54) is 19.4 Å². The van der Waals surface area contributed by atoms with E-state index < -0.39 is 107 Å². The second-order valence-corrected chi connectivity index (χ2v) is 21.6. The van der Waals surface area contributed by atoms with Crippen molar-refractivity contribution in [1.82, 2.24) is 62.8 Å². The number of para-hydroxylation sites is 1. The van der Waals surface area contributed by atoms with Crippen LogP contribution in [0.3, 0.4) is 0 Å². The number of aliphatic imine (C=N–C) groups is 1. The Morgan fingerprint density at radius 1 is 0.671 bits per heavy atom. The van der Waals surface area contributed by atoms with Gasteiger partial charge < -0.3 is 75.0 Å². The summed E-state index contributed by atoms with van der Waals surface area (Å²) >= 11 is 0. The van der Waals surface area contributed by atoms with Crippen LogP contribution in [-0.2, 0) is 67.2 Å². The summed E-state index contributed by atoms with van der Waals surface area (Å²) in [5, 5.41) is 25.2. The van der Waals surface area contributed by atoms with E-state index in [9.17, 15) is 47.9 Å². The van der Waals surface area contributed by atoms with Crippen LogP contribution in [0.4, 0.5) is 0 Å². The molecule has 2 fully saturated rings. The number of nitrogens with two attached hydrogens (primary N) is 3. The summed E-state index contributed by atoms with van der Waals surface area (Å²) in [5.74, 6) is -8.46. The summed E-state index contributed by atoms with van der Waals surface area (Å²) in [4.78, 5) is 155. The molecule has 2 aliphatic heterocycles. The number of amides is 10. The second kappa shape index (κ2) is 30.1. The number of benzene rings is 2. The Morgan fingerprint density at radius 2 is 1.30 bits per heavy atom. The maximum Gasteiger partial charge on any atom is 0.244 e. The number of primary amides is 1. The van der Waals surface area contributed by atoms with Gasteiger partial charge in [-0.05, 0) is 55.7 Å². The van der Waals surface area contributed by atoms with E-state index in [1.807, 2.05) is 18.2 Å². The van der Waals surface area contributed by atoms with Crippen molar-refractivity contribution in [2.24, 2.45) is 22.2 Å². The molecule has 0 radical (unpaired) electrons. The van der Waals surface area contributed by atoms with Gasteiger partial charge in [0.2, 0.25) is 59.1 Å². The van der Waals surface area contributed by atoms with E-state index in [0.717, 1.165) is 32.5 Å². The third-order valence-electron chi connectivity index (χ3n) is 12.9. The van der Waals surface area contributed by atoms with E-state index in [1.54, 1.807) is 42.6 Å². The molecule has 28 heteroatoms. The molecule has 424 valence electrons. The summed E-state index contributed by atoms with van der Waals surface area (Å²) < 4.78 is 0. The molecule has 2 aromatic carbocycles. The van der Waals surface area contributed by atoms with Crippen LogP contribution >= 0.6 is 21.6 Å². The van der Waals surface area contributed by atoms with E-state index >= 15 is 0 Å². The van der Waals surface area contributed by atoms with Gasteiger partial charge in [0.05, 0.1) is 6.33 Å². The van der Waals surface area contributed by atoms with E-state index in [2.05, 4.69) is 67.8 Å². The fourth-order valence-electron chi connectivity index (χ4n) is 8.76. The van der Waals surface area contributed by atoms with Crippen molar-refractivity contribution in [3.05, 3.63) is 90.1 Å². The van der Waals surface area contributed by atoms with Gasteiger partial charge in [-0.2, -0.15) is 0 Å². The number of carbonyl (C=O) groups is 10. The molecular weight excluding hydrogens is 1060 g/mol. The molecule has 2 aromatic heterocycles. The van der Waals surface area contributed by atoms with Crippen molar-refractivity contribution < 1.29 is 47.9 Å². The standard InChI is InChI=1S/C51H68N16O10S2/c1-28(68)60-40-25-78-79-26-41-50(77)61-34(43(52)70)14-7-8-18-56-42(69)17-16-36(63-49(40)76)45(72)66-39(22-31-24-55-27-59-31)48(75)64-37(20-29-10-3-2-4-11-29)46(73)62-35(15-9-19-57-51(53)54)44(71)65-38(47(74)67-41)21-30-23-58-33-13-6-5-12-32(30)33/h2-6,10-13,23-24,27,34-41,58H,7-9,14-22,25-26H2,1H3,(H2,52,70)(H,55,59)(H,56,69)(H,60,68)(H,61,77)(H,62,73)(H,63,76)(H,64,75)(H,65,71)(H,66,72)(H,67,74)(H4,53,54,57)/t34-,35-,36-,37+,38-,39-,40-,41-/m0/s1. The number of hydrogen-bond donors (Lipinski definition) is 14. The Hall–Kier alpha value is -8.14. The Bertz CT molecular complexity index is 2810. The molecular formula is C51H68N16O10S2. The fraction of sp³-hybridized carbons (Fsp3) is 0.451. The van der Waals surface area contributed by atoms with Gasteiger partial charge in [-0.3, -0.25) is 52.9 Å². The quantitative estimate of drug-likeness (QED) is 0.0311. The zero-order valence-electron chi connectivity index (χ0n) is 43.5. The predicted molar refractivity (Wildman–Crippen MR) is 296 cm³/mol. The lowest BCUT2D eigenvalue weighted by Crippen LogP contribution is -2.61. The first-order chi connectivity index (χ1) is 37.9. The SMILES string of the molecule is CC(=O)N[C@H]1CSSC[C@@H]2NC(=O)[C@H](Cc3c[nH]c4ccccc34)NC(=O)[C@H](CCCN=C(N)N)NC(=O)[C@@H](Cc3ccccc3)NC(=O)[C@H](Cc3cnc[nH]3)NC(=O)[C@H](CCC(=O)NCCCC[C@@H](C(N)=O)NC2=O)NC1=O. The molecule has 0 saturated carbocycles. The Labute approximate surface area is 462 Å². The zero-order chi connectivity index (χ0) is 56.8. The minimum absolute atomic E-state index is 0.0385. The molecule has 4 aromatic rings. The van der Waals surface area contributed by atoms with E-state index in [-0.39, 0.29) is 81.9 Å². The largest absolute Gasteiger partial charge is 0.370 e. The van der Waals surface area contributed by atoms with Gasteiger partial charge in [0, 0.05) is 86.2 Å². The molecule has 0 unspecified atom stereocenters. The van der Waals surface area contributed by atoms with E-state index in [4.69, 9.17) is 17.2 Å². The second-order valence-electron chi connectivity index (χ2n) is 19.0. The molecule has 6 rings (SSSR count). The van der Waals surface area contributed by atoms with Crippen molar-refractivity contribution in [3.8, 4) is 0 Å². The number of guanidine groups is 1. The number of H-pyrrole nitrogens is 2. The maximum atomic E-state index is 14.9. The monoisotopic (exact) mass is 1130 g/mol. The molecule has 0 aliphatic carbocycles. The number of carbonyl (C=O) groups excluding carboxylic acids is 10. The van der Waals surface area contributed by atoms with Gasteiger partial charge in [0.25, 0.3) is 0 Å². The third kappa shape index (κ3) is 19.1. The predicted octanol–water partition coefficient (Wildman–Crippen LogP) is -2.17. The highest BCUT2D eigenvalue weighted by molar-refractivity contribution is 8.76. The lowest BCUT2D eigenvalue weighted by Gasteiger charge is -2.28. The fourth-order valence-corrected chi connectivity index (χ4v) is 11.1. The first-order valence-electron chi connectivity index (χ1n) is 25.8. The van der Waals surface area contributed by atoms with Crippen LogP contribution < -0.4 is 65.1 Å². The maximum absolute atomic E-state index is 14.9. The molecule has 26 nitrogen and oxygen atoms in total. The highest BCUT2D eigenvalue weighted by Gasteiger charge is 2.36. The van der Waals surface area contributed by atoms with Crippen molar-refractivity contribution >= 4 is 97.5 Å². The molecule has 10 amide bonds. The van der Waals surface area contributed by atoms with Crippen molar-refractivity contribution in [2.45, 2.75) is 119 Å². The topological polar surface area (TPSA) is 414 Å². The summed E-state index contributed by atoms with van der Waals surface area (Å²) in [7, 11) is 2.05. The Morgan fingerprint density at radius 3 is 2.01 bits per heavy atom. The lowest BCUT2D eigenvalue weighted by molar-refractivity contribution is -0.136. The number of aromatic amines is 2. The van der Waals surface area contributed by atoms with Crippen molar-refractivity contribution in [1.29, 1.82) is 0 Å². The highest BCUT2D eigenvalue weighted by atomic mass is 33.1. The normalized spacial score (nSPS) is 24.1. The number of hydrogen-bond acceptors (Lipinski definition) is 14. The number of aromatic nitrogens is 3. The molecule has 2 aliphatic rings. The lowest BCUT2D eigenvalue weighted by atomic mass is 10.0. The summed E-state index contributed by atoms with van der Waals surface area (Å²) in [6.07, 6.45) is 4.18. The third-order valence-corrected chi connectivity index (χ3v) is 15.3. The molecule has 4 heterocycles. The molecule has 2 saturated heterocycles. The van der Waals surface area contributed by atoms with Gasteiger partial charge >= 0.3 is 0 Å². The molecule has 0 spiro atoms. The van der Waals surface area contributed by atoms with Crippen LogP contribution in [0.1, 0.15) is 68.7 Å². The van der Waals surface area contributed by atoms with Crippen LogP contribution in [0.2, 0.25) is 0 Å². The van der Waals surface area contributed by atoms with Gasteiger partial charge in [0.1, 0.15) is 48.3 Å². The van der Waals surface area contributed by atoms with Crippen LogP contribution in [0, 0.1) is 0 Å². The number of rotatable bonds is 12. The number of nitrogens with one attached hydrogen (secondary N) is 11. The first-order valence-corrected chi connectivity index (χ1v) is 28.2. The average Bonchev–Trinajstić information content (AvgIpc) is 4.09. The number of fused-ring (bicyclic) bond motifs is 9. The van der Waals surface area contributed by atoms with Gasteiger partial charge in [-0.15, -0.1) is 0 Å². The van der Waals surface area contributed by atoms with Crippen LogP contribution in [0.25, 0.3) is 10.9 Å². The Balaban J connectivity index is 1.47. The zero-order valence-corrected chi connectivity index (χ0v) is 45.1. The smallest absolute Gasteiger partial charge is 0.244 e. The molecule has 17 N–H and O–H groups in total. The van der Waals surface area contributed by atoms with Gasteiger partial charge in [-0.25, -0.2) is 4.98 Å². The number of imidazole rings is 1. The van der Waals surface area contributed by atoms with E-state index in [0.29, 0.717) is 29.7 Å². The minimum Gasteiger partial charge on any atom is -0.370 e. The van der Waals surface area contributed by atoms with Gasteiger partial charge in [0.15, 0.2) is 5.96 Å². The summed E-state index contributed by atoms with van der Waals surface area (Å²) in [6.45, 7) is 1.34. The van der Waals surface area contributed by atoms with Crippen LogP contribution in [0.15, 0.2) is 78.3 Å². The van der Waals surface area contributed by atoms with Crippen molar-refractivity contribution in [2.75, 3.05) is 24.6 Å². The Kier molecular flexibility index (Phi) is 22.9. The van der Waals surface area contributed by atoms with Crippen LogP contribution in [-0.4, -0.2) is 153 Å². The van der Waals surface area contributed by atoms with Crippen LogP contribution in [0.5, 0.6) is 0 Å².